The number of nitrogens with one attached hydrogen (secondary N) is 1. The molecule has 0 bridgehead atoms. The molecule has 1 aromatic rings. The zero-order chi connectivity index (χ0) is 10.5. The lowest BCUT2D eigenvalue weighted by Crippen LogP contribution is -2.40. The second-order valence-electron chi connectivity index (χ2n) is 4.27. The molecule has 1 unspecified atom stereocenters. The first kappa shape index (κ1) is 10.6. The zero-order valence-corrected chi connectivity index (χ0v) is 9.15. The monoisotopic (exact) mass is 208 g/mol. The molecule has 1 atom stereocenters. The molecule has 1 aromatic heterocycles. The van der Waals surface area contributed by atoms with Crippen LogP contribution in [0.4, 0.5) is 0 Å². The number of rotatable bonds is 4. The predicted molar refractivity (Wildman–Crippen MR) is 60.3 cm³/mol. The molecule has 0 spiro atoms. The molecule has 1 aliphatic heterocycles. The fourth-order valence-electron chi connectivity index (χ4n) is 2.38. The van der Waals surface area contributed by atoms with E-state index in [1.54, 1.807) is 6.33 Å². The summed E-state index contributed by atoms with van der Waals surface area (Å²) in [5.74, 6) is 0. The van der Waals surface area contributed by atoms with Gasteiger partial charge >= 0.3 is 0 Å². The lowest BCUT2D eigenvalue weighted by atomic mass is 9.99. The number of likely N-dealkylation sites (tertiary alicyclic amines) is 1. The van der Waals surface area contributed by atoms with Crippen LogP contribution in [0.15, 0.2) is 12.5 Å². The Hall–Kier alpha value is -0.870. The summed E-state index contributed by atoms with van der Waals surface area (Å²) in [6, 6.07) is 0.673. The minimum atomic E-state index is 0.673. The van der Waals surface area contributed by atoms with E-state index in [2.05, 4.69) is 14.9 Å². The Morgan fingerprint density at radius 1 is 1.53 bits per heavy atom. The molecule has 84 valence electrons. The smallest absolute Gasteiger partial charge is 0.0922 e. The van der Waals surface area contributed by atoms with Gasteiger partial charge < -0.3 is 10.7 Å². The summed E-state index contributed by atoms with van der Waals surface area (Å²) >= 11 is 0. The molecule has 0 amide bonds. The SMILES string of the molecule is NCCC1CCCCN1Cc1cnc[nH]1. The van der Waals surface area contributed by atoms with E-state index in [1.807, 2.05) is 6.20 Å². The van der Waals surface area contributed by atoms with E-state index in [4.69, 9.17) is 5.73 Å². The minimum Gasteiger partial charge on any atom is -0.347 e. The fourth-order valence-corrected chi connectivity index (χ4v) is 2.38. The van der Waals surface area contributed by atoms with Crippen molar-refractivity contribution in [3.8, 4) is 0 Å². The van der Waals surface area contributed by atoms with Crippen LogP contribution in [0.25, 0.3) is 0 Å². The molecule has 0 aliphatic carbocycles. The summed E-state index contributed by atoms with van der Waals surface area (Å²) in [4.78, 5) is 9.75. The summed E-state index contributed by atoms with van der Waals surface area (Å²) in [5.41, 5.74) is 6.86. The molecule has 2 heterocycles. The molecule has 2 rings (SSSR count). The number of nitrogens with zero attached hydrogens (tertiary/aromatic N) is 2. The van der Waals surface area contributed by atoms with E-state index < -0.39 is 0 Å². The van der Waals surface area contributed by atoms with Gasteiger partial charge in [-0.3, -0.25) is 4.90 Å². The van der Waals surface area contributed by atoms with Crippen LogP contribution in [-0.2, 0) is 6.54 Å². The number of aromatic amines is 1. The number of hydrogen-bond acceptors (Lipinski definition) is 3. The Morgan fingerprint density at radius 2 is 2.47 bits per heavy atom. The maximum atomic E-state index is 5.65. The lowest BCUT2D eigenvalue weighted by molar-refractivity contribution is 0.132. The molecule has 1 aliphatic rings. The highest BCUT2D eigenvalue weighted by Crippen LogP contribution is 2.20. The van der Waals surface area contributed by atoms with Gasteiger partial charge in [-0.15, -0.1) is 0 Å². The first-order valence-electron chi connectivity index (χ1n) is 5.81. The number of H-pyrrole nitrogens is 1. The lowest BCUT2D eigenvalue weighted by Gasteiger charge is -2.35. The van der Waals surface area contributed by atoms with E-state index in [1.165, 1.54) is 31.5 Å². The normalized spacial score (nSPS) is 23.1. The highest BCUT2D eigenvalue weighted by molar-refractivity contribution is 4.95. The Bertz CT molecular complexity index is 268. The molecule has 0 aromatic carbocycles. The van der Waals surface area contributed by atoms with Gasteiger partial charge in [0.15, 0.2) is 0 Å². The first-order valence-corrected chi connectivity index (χ1v) is 5.81. The second-order valence-corrected chi connectivity index (χ2v) is 4.27. The summed E-state index contributed by atoms with van der Waals surface area (Å²) in [6.07, 6.45) is 8.74. The molecule has 3 N–H and O–H groups in total. The number of imidazole rings is 1. The average molecular weight is 208 g/mol. The predicted octanol–water partition coefficient (Wildman–Crippen LogP) is 1.11. The minimum absolute atomic E-state index is 0.673. The van der Waals surface area contributed by atoms with Gasteiger partial charge in [0.25, 0.3) is 0 Å². The first-order chi connectivity index (χ1) is 7.40. The van der Waals surface area contributed by atoms with E-state index in [0.29, 0.717) is 6.04 Å². The van der Waals surface area contributed by atoms with Gasteiger partial charge in [-0.1, -0.05) is 6.42 Å². The van der Waals surface area contributed by atoms with Crippen molar-refractivity contribution in [3.05, 3.63) is 18.2 Å². The third-order valence-electron chi connectivity index (χ3n) is 3.18. The van der Waals surface area contributed by atoms with Crippen LogP contribution >= 0.6 is 0 Å². The van der Waals surface area contributed by atoms with Crippen molar-refractivity contribution in [2.24, 2.45) is 5.73 Å². The van der Waals surface area contributed by atoms with Gasteiger partial charge in [0, 0.05) is 24.5 Å². The Balaban J connectivity index is 1.92. The largest absolute Gasteiger partial charge is 0.347 e. The topological polar surface area (TPSA) is 57.9 Å². The van der Waals surface area contributed by atoms with Crippen LogP contribution in [-0.4, -0.2) is 34.0 Å². The molecule has 4 nitrogen and oxygen atoms in total. The van der Waals surface area contributed by atoms with Gasteiger partial charge in [-0.25, -0.2) is 4.98 Å². The molecule has 1 saturated heterocycles. The number of hydrogen-bond donors (Lipinski definition) is 2. The quantitative estimate of drug-likeness (QED) is 0.779. The molecule has 4 heteroatoms. The summed E-state index contributed by atoms with van der Waals surface area (Å²) in [5, 5.41) is 0. The molecular weight excluding hydrogens is 188 g/mol. The molecular formula is C11H20N4. The van der Waals surface area contributed by atoms with E-state index in [-0.39, 0.29) is 0 Å². The van der Waals surface area contributed by atoms with Crippen molar-refractivity contribution >= 4 is 0 Å². The van der Waals surface area contributed by atoms with Crippen LogP contribution in [0.5, 0.6) is 0 Å². The van der Waals surface area contributed by atoms with Gasteiger partial charge in [-0.2, -0.15) is 0 Å². The van der Waals surface area contributed by atoms with E-state index in [0.717, 1.165) is 19.5 Å². The molecule has 0 saturated carbocycles. The fraction of sp³-hybridized carbons (Fsp3) is 0.727. The second kappa shape index (κ2) is 5.28. The number of piperidine rings is 1. The maximum absolute atomic E-state index is 5.65. The maximum Gasteiger partial charge on any atom is 0.0922 e. The molecule has 1 fully saturated rings. The van der Waals surface area contributed by atoms with Crippen molar-refractivity contribution in [2.45, 2.75) is 38.3 Å². The van der Waals surface area contributed by atoms with Crippen LogP contribution in [0.2, 0.25) is 0 Å². The van der Waals surface area contributed by atoms with Crippen molar-refractivity contribution in [1.82, 2.24) is 14.9 Å². The molecule has 15 heavy (non-hydrogen) atoms. The number of aromatic nitrogens is 2. The van der Waals surface area contributed by atoms with E-state index in [9.17, 15) is 0 Å². The summed E-state index contributed by atoms with van der Waals surface area (Å²) < 4.78 is 0. The summed E-state index contributed by atoms with van der Waals surface area (Å²) in [6.45, 7) is 2.98. The Morgan fingerprint density at radius 3 is 3.20 bits per heavy atom. The van der Waals surface area contributed by atoms with Crippen LogP contribution < -0.4 is 5.73 Å². The highest BCUT2D eigenvalue weighted by atomic mass is 15.2. The van der Waals surface area contributed by atoms with Crippen molar-refractivity contribution in [2.75, 3.05) is 13.1 Å². The molecule has 0 radical (unpaired) electrons. The van der Waals surface area contributed by atoms with Gasteiger partial charge in [0.05, 0.1) is 6.33 Å². The Kier molecular flexibility index (Phi) is 3.75. The van der Waals surface area contributed by atoms with Crippen LogP contribution in [0.1, 0.15) is 31.4 Å². The third-order valence-corrected chi connectivity index (χ3v) is 3.18. The van der Waals surface area contributed by atoms with Gasteiger partial charge in [-0.05, 0) is 32.4 Å². The van der Waals surface area contributed by atoms with Crippen molar-refractivity contribution in [1.29, 1.82) is 0 Å². The van der Waals surface area contributed by atoms with Crippen LogP contribution in [0, 0.1) is 0 Å². The zero-order valence-electron chi connectivity index (χ0n) is 9.15. The van der Waals surface area contributed by atoms with Crippen molar-refractivity contribution < 1.29 is 0 Å². The summed E-state index contributed by atoms with van der Waals surface area (Å²) in [7, 11) is 0. The standard InChI is InChI=1S/C11H20N4/c12-5-4-11-3-1-2-6-15(11)8-10-7-13-9-14-10/h7,9,11H,1-6,8,12H2,(H,13,14). The number of nitrogens with two attached hydrogens (primary N) is 1. The van der Waals surface area contributed by atoms with Crippen LogP contribution in [0.3, 0.4) is 0 Å². The van der Waals surface area contributed by atoms with Gasteiger partial charge in [0.2, 0.25) is 0 Å². The third kappa shape index (κ3) is 2.79. The average Bonchev–Trinajstić information content (AvgIpc) is 2.74. The van der Waals surface area contributed by atoms with E-state index >= 15 is 0 Å². The Labute approximate surface area is 90.9 Å². The van der Waals surface area contributed by atoms with Crippen molar-refractivity contribution in [3.63, 3.8) is 0 Å². The van der Waals surface area contributed by atoms with Gasteiger partial charge in [0.1, 0.15) is 0 Å². The highest BCUT2D eigenvalue weighted by Gasteiger charge is 2.21.